The summed E-state index contributed by atoms with van der Waals surface area (Å²) < 4.78 is 0. The zero-order valence-corrected chi connectivity index (χ0v) is 12.3. The molecule has 0 aliphatic rings. The van der Waals surface area contributed by atoms with E-state index >= 15 is 0 Å². The van der Waals surface area contributed by atoms with Gasteiger partial charge in [-0.15, -0.1) is 0 Å². The first-order chi connectivity index (χ1) is 8.63. The van der Waals surface area contributed by atoms with E-state index < -0.39 is 0 Å². The fraction of sp³-hybridized carbons (Fsp3) is 0.625. The highest BCUT2D eigenvalue weighted by molar-refractivity contribution is 5.14. The van der Waals surface area contributed by atoms with Gasteiger partial charge in [-0.1, -0.05) is 43.7 Å². The summed E-state index contributed by atoms with van der Waals surface area (Å²) >= 11 is 0. The van der Waals surface area contributed by atoms with Gasteiger partial charge in [0.15, 0.2) is 0 Å². The van der Waals surface area contributed by atoms with Crippen molar-refractivity contribution in [1.82, 2.24) is 10.2 Å². The first-order valence-corrected chi connectivity index (χ1v) is 7.11. The smallest absolute Gasteiger partial charge is 0.0234 e. The molecule has 102 valence electrons. The highest BCUT2D eigenvalue weighted by Crippen LogP contribution is 2.06. The standard InChI is InChI=1S/C16H28N2/c1-5-9-14(2)17-12-15(3)18(4)13-16-10-7-6-8-11-16/h6-8,10-11,14-15,17H,5,9,12-13H2,1-4H3. The summed E-state index contributed by atoms with van der Waals surface area (Å²) in [5.41, 5.74) is 1.38. The maximum atomic E-state index is 3.61. The van der Waals surface area contributed by atoms with Crippen LogP contribution in [0.5, 0.6) is 0 Å². The Balaban J connectivity index is 2.30. The number of hydrogen-bond donors (Lipinski definition) is 1. The van der Waals surface area contributed by atoms with E-state index in [1.165, 1.54) is 18.4 Å². The lowest BCUT2D eigenvalue weighted by atomic mass is 10.1. The molecule has 0 heterocycles. The molecule has 0 fully saturated rings. The maximum absolute atomic E-state index is 3.61. The lowest BCUT2D eigenvalue weighted by molar-refractivity contribution is 0.237. The molecule has 0 bridgehead atoms. The molecule has 0 aliphatic heterocycles. The quantitative estimate of drug-likeness (QED) is 0.759. The molecule has 18 heavy (non-hydrogen) atoms. The van der Waals surface area contributed by atoms with Crippen LogP contribution in [0.1, 0.15) is 39.2 Å². The Morgan fingerprint density at radius 3 is 2.44 bits per heavy atom. The highest BCUT2D eigenvalue weighted by atomic mass is 15.1. The second-order valence-electron chi connectivity index (χ2n) is 5.35. The molecule has 0 saturated heterocycles. The van der Waals surface area contributed by atoms with Crippen LogP contribution in [0.15, 0.2) is 30.3 Å². The molecule has 2 atom stereocenters. The Labute approximate surface area is 112 Å². The van der Waals surface area contributed by atoms with Crippen molar-refractivity contribution in [2.24, 2.45) is 0 Å². The molecule has 0 radical (unpaired) electrons. The Bertz CT molecular complexity index is 310. The average molecular weight is 248 g/mol. The van der Waals surface area contributed by atoms with Crippen LogP contribution in [0.25, 0.3) is 0 Å². The van der Waals surface area contributed by atoms with Gasteiger partial charge in [-0.2, -0.15) is 0 Å². The van der Waals surface area contributed by atoms with Crippen molar-refractivity contribution < 1.29 is 0 Å². The normalized spacial score (nSPS) is 14.7. The van der Waals surface area contributed by atoms with Crippen LogP contribution >= 0.6 is 0 Å². The van der Waals surface area contributed by atoms with Gasteiger partial charge in [0.25, 0.3) is 0 Å². The molecule has 2 unspecified atom stereocenters. The fourth-order valence-corrected chi connectivity index (χ4v) is 2.09. The zero-order valence-electron chi connectivity index (χ0n) is 12.3. The molecule has 0 spiro atoms. The number of rotatable bonds is 8. The maximum Gasteiger partial charge on any atom is 0.0234 e. The minimum absolute atomic E-state index is 0.560. The third-order valence-corrected chi connectivity index (χ3v) is 3.51. The van der Waals surface area contributed by atoms with Crippen molar-refractivity contribution in [2.45, 2.75) is 52.2 Å². The van der Waals surface area contributed by atoms with Crippen molar-refractivity contribution in [3.8, 4) is 0 Å². The predicted molar refractivity (Wildman–Crippen MR) is 79.7 cm³/mol. The largest absolute Gasteiger partial charge is 0.313 e. The number of hydrogen-bond acceptors (Lipinski definition) is 2. The van der Waals surface area contributed by atoms with Gasteiger partial charge < -0.3 is 5.32 Å². The molecule has 0 saturated carbocycles. The van der Waals surface area contributed by atoms with Crippen LogP contribution in [-0.2, 0) is 6.54 Å². The van der Waals surface area contributed by atoms with Crippen LogP contribution in [0.4, 0.5) is 0 Å². The number of nitrogens with one attached hydrogen (secondary N) is 1. The van der Waals surface area contributed by atoms with Crippen molar-refractivity contribution in [3.63, 3.8) is 0 Å². The molecule has 0 aliphatic carbocycles. The summed E-state index contributed by atoms with van der Waals surface area (Å²) in [6, 6.07) is 11.9. The third kappa shape index (κ3) is 5.65. The lowest BCUT2D eigenvalue weighted by Crippen LogP contribution is -2.40. The van der Waals surface area contributed by atoms with E-state index in [0.29, 0.717) is 12.1 Å². The Kier molecular flexibility index (Phi) is 6.99. The van der Waals surface area contributed by atoms with E-state index in [1.54, 1.807) is 0 Å². The second-order valence-corrected chi connectivity index (χ2v) is 5.35. The minimum Gasteiger partial charge on any atom is -0.313 e. The molecular formula is C16H28N2. The fourth-order valence-electron chi connectivity index (χ4n) is 2.09. The van der Waals surface area contributed by atoms with Crippen molar-refractivity contribution in [3.05, 3.63) is 35.9 Å². The van der Waals surface area contributed by atoms with Gasteiger partial charge in [-0.05, 0) is 32.9 Å². The SMILES string of the molecule is CCCC(C)NCC(C)N(C)Cc1ccccc1. The van der Waals surface area contributed by atoms with E-state index in [-0.39, 0.29) is 0 Å². The number of nitrogens with zero attached hydrogens (tertiary/aromatic N) is 1. The summed E-state index contributed by atoms with van der Waals surface area (Å²) in [5.74, 6) is 0. The van der Waals surface area contributed by atoms with Crippen LogP contribution < -0.4 is 5.32 Å². The van der Waals surface area contributed by atoms with Gasteiger partial charge in [-0.25, -0.2) is 0 Å². The van der Waals surface area contributed by atoms with Crippen LogP contribution in [0, 0.1) is 0 Å². The Morgan fingerprint density at radius 2 is 1.83 bits per heavy atom. The van der Waals surface area contributed by atoms with Crippen molar-refractivity contribution in [2.75, 3.05) is 13.6 Å². The first kappa shape index (κ1) is 15.2. The molecule has 0 amide bonds. The molecule has 1 N–H and O–H groups in total. The molecule has 1 aromatic carbocycles. The van der Waals surface area contributed by atoms with Gasteiger partial charge in [0.2, 0.25) is 0 Å². The predicted octanol–water partition coefficient (Wildman–Crippen LogP) is 3.29. The van der Waals surface area contributed by atoms with Crippen molar-refractivity contribution in [1.29, 1.82) is 0 Å². The number of benzene rings is 1. The van der Waals surface area contributed by atoms with Gasteiger partial charge in [0, 0.05) is 25.2 Å². The van der Waals surface area contributed by atoms with Crippen LogP contribution in [0.2, 0.25) is 0 Å². The summed E-state index contributed by atoms with van der Waals surface area (Å²) in [6.45, 7) is 8.88. The molecule has 1 rings (SSSR count). The van der Waals surface area contributed by atoms with Crippen LogP contribution in [-0.4, -0.2) is 30.6 Å². The summed E-state index contributed by atoms with van der Waals surface area (Å²) in [7, 11) is 2.20. The average Bonchev–Trinajstić information content (AvgIpc) is 2.37. The highest BCUT2D eigenvalue weighted by Gasteiger charge is 2.10. The monoisotopic (exact) mass is 248 g/mol. The van der Waals surface area contributed by atoms with Gasteiger partial charge in [-0.3, -0.25) is 4.90 Å². The Hall–Kier alpha value is -0.860. The third-order valence-electron chi connectivity index (χ3n) is 3.51. The van der Waals surface area contributed by atoms with Crippen LogP contribution in [0.3, 0.4) is 0 Å². The van der Waals surface area contributed by atoms with E-state index in [2.05, 4.69) is 68.4 Å². The zero-order chi connectivity index (χ0) is 13.4. The summed E-state index contributed by atoms with van der Waals surface area (Å²) in [4.78, 5) is 2.40. The van der Waals surface area contributed by atoms with E-state index in [9.17, 15) is 0 Å². The Morgan fingerprint density at radius 1 is 1.17 bits per heavy atom. The van der Waals surface area contributed by atoms with Gasteiger partial charge >= 0.3 is 0 Å². The van der Waals surface area contributed by atoms with E-state index in [0.717, 1.165) is 13.1 Å². The molecule has 2 heteroatoms. The van der Waals surface area contributed by atoms with E-state index in [4.69, 9.17) is 0 Å². The topological polar surface area (TPSA) is 15.3 Å². The summed E-state index contributed by atoms with van der Waals surface area (Å²) in [5, 5.41) is 3.61. The number of likely N-dealkylation sites (N-methyl/N-ethyl adjacent to an activating group) is 1. The van der Waals surface area contributed by atoms with E-state index in [1.807, 2.05) is 0 Å². The molecule has 2 nitrogen and oxygen atoms in total. The lowest BCUT2D eigenvalue weighted by Gasteiger charge is -2.26. The van der Waals surface area contributed by atoms with Crippen molar-refractivity contribution >= 4 is 0 Å². The molecular weight excluding hydrogens is 220 g/mol. The summed E-state index contributed by atoms with van der Waals surface area (Å²) in [6.07, 6.45) is 2.51. The molecule has 0 aromatic heterocycles. The minimum atomic E-state index is 0.560. The van der Waals surface area contributed by atoms with Gasteiger partial charge in [0.1, 0.15) is 0 Å². The molecule has 1 aromatic rings. The second kappa shape index (κ2) is 8.28. The van der Waals surface area contributed by atoms with Gasteiger partial charge in [0.05, 0.1) is 0 Å². The first-order valence-electron chi connectivity index (χ1n) is 7.11.